The molecule has 0 atom stereocenters. The fourth-order valence-corrected chi connectivity index (χ4v) is 5.15. The average Bonchev–Trinajstić information content (AvgIpc) is 2.69. The maximum absolute atomic E-state index is 12.8. The number of hydrogen-bond donors (Lipinski definition) is 2. The first kappa shape index (κ1) is 19.3. The van der Waals surface area contributed by atoms with Crippen LogP contribution < -0.4 is 10.6 Å². The van der Waals surface area contributed by atoms with Crippen molar-refractivity contribution in [2.45, 2.75) is 42.6 Å². The molecule has 0 aliphatic carbocycles. The van der Waals surface area contributed by atoms with Crippen LogP contribution in [-0.2, 0) is 19.6 Å². The second kappa shape index (κ2) is 8.04. The number of benzene rings is 1. The molecule has 26 heavy (non-hydrogen) atoms. The summed E-state index contributed by atoms with van der Waals surface area (Å²) in [5.41, 5.74) is -0.393. The molecule has 1 aromatic rings. The molecule has 0 radical (unpaired) electrons. The molecule has 144 valence electrons. The maximum Gasteiger partial charge on any atom is 0.256 e. The number of anilines is 1. The highest BCUT2D eigenvalue weighted by Gasteiger charge is 2.39. The summed E-state index contributed by atoms with van der Waals surface area (Å²) < 4.78 is 32.7. The van der Waals surface area contributed by atoms with Gasteiger partial charge in [0.2, 0.25) is 10.0 Å². The van der Waals surface area contributed by atoms with Crippen molar-refractivity contribution in [3.8, 4) is 0 Å². The number of carbonyl (C=O) groups excluding carboxylic acids is 1. The summed E-state index contributed by atoms with van der Waals surface area (Å²) in [7, 11) is -1.98. The van der Waals surface area contributed by atoms with Gasteiger partial charge in [-0.2, -0.15) is 4.31 Å². The SMILES string of the molecule is COC1(C(=O)Nc2cccc(S(=O)(=O)N3CCCCC3)c2)CCNCC1. The number of amides is 1. The highest BCUT2D eigenvalue weighted by Crippen LogP contribution is 2.26. The number of carbonyl (C=O) groups is 1. The number of hydrogen-bond acceptors (Lipinski definition) is 5. The van der Waals surface area contributed by atoms with Crippen LogP contribution in [0.3, 0.4) is 0 Å². The monoisotopic (exact) mass is 381 g/mol. The van der Waals surface area contributed by atoms with Crippen molar-refractivity contribution >= 4 is 21.6 Å². The van der Waals surface area contributed by atoms with Crippen molar-refractivity contribution in [3.63, 3.8) is 0 Å². The smallest absolute Gasteiger partial charge is 0.256 e. The first-order valence-electron chi connectivity index (χ1n) is 9.15. The molecular formula is C18H27N3O4S. The van der Waals surface area contributed by atoms with Gasteiger partial charge >= 0.3 is 0 Å². The second-order valence-electron chi connectivity index (χ2n) is 6.90. The molecule has 2 saturated heterocycles. The Bertz CT molecular complexity index is 739. The largest absolute Gasteiger partial charge is 0.368 e. The Kier molecular flexibility index (Phi) is 5.96. The quantitative estimate of drug-likeness (QED) is 0.808. The van der Waals surface area contributed by atoms with Crippen LogP contribution in [0.25, 0.3) is 0 Å². The number of rotatable bonds is 5. The molecule has 0 unspecified atom stereocenters. The fraction of sp³-hybridized carbons (Fsp3) is 0.611. The van der Waals surface area contributed by atoms with Crippen LogP contribution in [0.4, 0.5) is 5.69 Å². The van der Waals surface area contributed by atoms with E-state index in [4.69, 9.17) is 4.74 Å². The summed E-state index contributed by atoms with van der Waals surface area (Å²) in [5, 5.41) is 6.06. The molecule has 8 heteroatoms. The van der Waals surface area contributed by atoms with Crippen molar-refractivity contribution < 1.29 is 17.9 Å². The molecule has 3 rings (SSSR count). The Morgan fingerprint density at radius 1 is 1.19 bits per heavy atom. The normalized spacial score (nSPS) is 21.3. The van der Waals surface area contributed by atoms with Gasteiger partial charge in [-0.05, 0) is 57.0 Å². The first-order chi connectivity index (χ1) is 12.5. The number of sulfonamides is 1. The number of ether oxygens (including phenoxy) is 1. The van der Waals surface area contributed by atoms with Crippen LogP contribution in [-0.4, -0.2) is 57.5 Å². The van der Waals surface area contributed by atoms with Crippen molar-refractivity contribution in [1.29, 1.82) is 0 Å². The standard InChI is InChI=1S/C18H27N3O4S/c1-25-18(8-10-19-11-9-18)17(22)20-15-6-5-7-16(14-15)26(23,24)21-12-3-2-4-13-21/h5-7,14,19H,2-4,8-13H2,1H3,(H,20,22). The minimum atomic E-state index is -3.53. The van der Waals surface area contributed by atoms with E-state index >= 15 is 0 Å². The zero-order valence-electron chi connectivity index (χ0n) is 15.2. The van der Waals surface area contributed by atoms with E-state index < -0.39 is 15.6 Å². The lowest BCUT2D eigenvalue weighted by molar-refractivity contribution is -0.140. The van der Waals surface area contributed by atoms with Crippen LogP contribution in [0, 0.1) is 0 Å². The van der Waals surface area contributed by atoms with E-state index in [9.17, 15) is 13.2 Å². The predicted octanol–water partition coefficient (Wildman–Crippen LogP) is 1.57. The zero-order valence-corrected chi connectivity index (χ0v) is 16.0. The highest BCUT2D eigenvalue weighted by molar-refractivity contribution is 7.89. The fourth-order valence-electron chi connectivity index (χ4n) is 3.59. The molecule has 0 saturated carbocycles. The summed E-state index contributed by atoms with van der Waals surface area (Å²) in [6.07, 6.45) is 4.01. The van der Waals surface area contributed by atoms with Gasteiger partial charge in [-0.1, -0.05) is 12.5 Å². The molecule has 0 bridgehead atoms. The lowest BCUT2D eigenvalue weighted by atomic mass is 9.91. The van der Waals surface area contributed by atoms with Crippen LogP contribution >= 0.6 is 0 Å². The van der Waals surface area contributed by atoms with E-state index in [-0.39, 0.29) is 10.8 Å². The first-order valence-corrected chi connectivity index (χ1v) is 10.6. The van der Waals surface area contributed by atoms with E-state index in [2.05, 4.69) is 10.6 Å². The number of nitrogens with one attached hydrogen (secondary N) is 2. The Morgan fingerprint density at radius 3 is 2.54 bits per heavy atom. The van der Waals surface area contributed by atoms with E-state index in [1.165, 1.54) is 10.4 Å². The molecule has 0 spiro atoms. The Balaban J connectivity index is 1.77. The van der Waals surface area contributed by atoms with Crippen molar-refractivity contribution in [3.05, 3.63) is 24.3 Å². The Labute approximate surface area is 155 Å². The van der Waals surface area contributed by atoms with E-state index in [0.717, 1.165) is 19.3 Å². The molecule has 7 nitrogen and oxygen atoms in total. The molecule has 2 N–H and O–H groups in total. The van der Waals surface area contributed by atoms with Crippen LogP contribution in [0.5, 0.6) is 0 Å². The number of methoxy groups -OCH3 is 1. The summed E-state index contributed by atoms with van der Waals surface area (Å²) in [5.74, 6) is -0.228. The number of piperidine rings is 2. The summed E-state index contributed by atoms with van der Waals surface area (Å²) in [4.78, 5) is 13.0. The van der Waals surface area contributed by atoms with Crippen molar-refractivity contribution in [2.75, 3.05) is 38.6 Å². The summed E-state index contributed by atoms with van der Waals surface area (Å²) in [6.45, 7) is 2.53. The Morgan fingerprint density at radius 2 is 1.88 bits per heavy atom. The van der Waals surface area contributed by atoms with Gasteiger partial charge < -0.3 is 15.4 Å². The summed E-state index contributed by atoms with van der Waals surface area (Å²) >= 11 is 0. The van der Waals surface area contributed by atoms with Gasteiger partial charge in [-0.25, -0.2) is 8.42 Å². The van der Waals surface area contributed by atoms with Gasteiger partial charge in [0.15, 0.2) is 0 Å². The van der Waals surface area contributed by atoms with Crippen molar-refractivity contribution in [2.24, 2.45) is 0 Å². The maximum atomic E-state index is 12.8. The molecule has 2 fully saturated rings. The summed E-state index contributed by atoms with van der Waals surface area (Å²) in [6, 6.07) is 6.48. The van der Waals surface area contributed by atoms with E-state index in [0.29, 0.717) is 44.7 Å². The molecule has 2 aliphatic rings. The lowest BCUT2D eigenvalue weighted by Crippen LogP contribution is -2.51. The third-order valence-electron chi connectivity index (χ3n) is 5.26. The average molecular weight is 381 g/mol. The minimum absolute atomic E-state index is 0.217. The van der Waals surface area contributed by atoms with Gasteiger partial charge in [-0.15, -0.1) is 0 Å². The van der Waals surface area contributed by atoms with Crippen LogP contribution in [0.1, 0.15) is 32.1 Å². The molecule has 0 aromatic heterocycles. The molecular weight excluding hydrogens is 354 g/mol. The van der Waals surface area contributed by atoms with E-state index in [1.807, 2.05) is 0 Å². The molecule has 1 aromatic carbocycles. The highest BCUT2D eigenvalue weighted by atomic mass is 32.2. The van der Waals surface area contributed by atoms with Crippen LogP contribution in [0.15, 0.2) is 29.2 Å². The van der Waals surface area contributed by atoms with Gasteiger partial charge in [-0.3, -0.25) is 4.79 Å². The van der Waals surface area contributed by atoms with Gasteiger partial charge in [0.05, 0.1) is 4.90 Å². The Hall–Kier alpha value is -1.48. The molecule has 2 aliphatic heterocycles. The predicted molar refractivity (Wildman–Crippen MR) is 99.5 cm³/mol. The van der Waals surface area contributed by atoms with Gasteiger partial charge in [0, 0.05) is 25.9 Å². The third kappa shape index (κ3) is 3.93. The molecule has 1 amide bonds. The van der Waals surface area contributed by atoms with Gasteiger partial charge in [0.25, 0.3) is 5.91 Å². The van der Waals surface area contributed by atoms with Crippen molar-refractivity contribution in [1.82, 2.24) is 9.62 Å². The number of nitrogens with zero attached hydrogens (tertiary/aromatic N) is 1. The zero-order chi connectivity index (χ0) is 18.6. The lowest BCUT2D eigenvalue weighted by Gasteiger charge is -2.34. The minimum Gasteiger partial charge on any atom is -0.368 e. The molecule has 2 heterocycles. The third-order valence-corrected chi connectivity index (χ3v) is 7.16. The van der Waals surface area contributed by atoms with Gasteiger partial charge in [0.1, 0.15) is 5.60 Å². The van der Waals surface area contributed by atoms with Crippen LogP contribution in [0.2, 0.25) is 0 Å². The second-order valence-corrected chi connectivity index (χ2v) is 8.83. The van der Waals surface area contributed by atoms with E-state index in [1.54, 1.807) is 25.3 Å². The topological polar surface area (TPSA) is 87.7 Å².